The number of anilines is 1. The van der Waals surface area contributed by atoms with E-state index in [1.165, 1.54) is 49.0 Å². The topological polar surface area (TPSA) is 3.24 Å². The lowest BCUT2D eigenvalue weighted by Crippen LogP contribution is -2.25. The van der Waals surface area contributed by atoms with Crippen molar-refractivity contribution in [3.8, 4) is 11.8 Å². The highest BCUT2D eigenvalue weighted by atomic mass is 15.1. The summed E-state index contributed by atoms with van der Waals surface area (Å²) in [5.41, 5.74) is 4.11. The second-order valence-corrected chi connectivity index (χ2v) is 4.87. The molecule has 0 N–H and O–H groups in total. The van der Waals surface area contributed by atoms with Gasteiger partial charge in [-0.2, -0.15) is 0 Å². The maximum absolute atomic E-state index is 3.38. The minimum Gasteiger partial charge on any atom is -0.374 e. The summed E-state index contributed by atoms with van der Waals surface area (Å²) < 4.78 is 0. The van der Waals surface area contributed by atoms with Crippen LogP contribution in [-0.2, 0) is 6.42 Å². The molecule has 1 saturated carbocycles. The molecule has 1 aliphatic carbocycles. The zero-order chi connectivity index (χ0) is 11.0. The van der Waals surface area contributed by atoms with E-state index >= 15 is 0 Å². The highest BCUT2D eigenvalue weighted by Gasteiger charge is 2.19. The smallest absolute Gasteiger partial charge is 0.0408 e. The van der Waals surface area contributed by atoms with Crippen LogP contribution >= 0.6 is 0 Å². The van der Waals surface area contributed by atoms with Crippen molar-refractivity contribution in [3.05, 3.63) is 29.3 Å². The van der Waals surface area contributed by atoms with Crippen LogP contribution in [0.4, 0.5) is 5.69 Å². The van der Waals surface area contributed by atoms with E-state index in [1.54, 1.807) is 0 Å². The van der Waals surface area contributed by atoms with Crippen molar-refractivity contribution in [1.29, 1.82) is 0 Å². The van der Waals surface area contributed by atoms with Gasteiger partial charge in [-0.05, 0) is 43.4 Å². The molecule has 0 saturated heterocycles. The first-order valence-electron chi connectivity index (χ1n) is 6.19. The Morgan fingerprint density at radius 2 is 2.19 bits per heavy atom. The molecule has 3 rings (SSSR count). The van der Waals surface area contributed by atoms with E-state index in [0.29, 0.717) is 5.92 Å². The summed E-state index contributed by atoms with van der Waals surface area (Å²) >= 11 is 0. The second kappa shape index (κ2) is 3.87. The molecule has 1 heterocycles. The summed E-state index contributed by atoms with van der Waals surface area (Å²) in [4.78, 5) is 2.35. The molecule has 2 aliphatic rings. The lowest BCUT2D eigenvalue weighted by Gasteiger charge is -2.28. The first-order chi connectivity index (χ1) is 7.84. The van der Waals surface area contributed by atoms with Crippen molar-refractivity contribution in [3.63, 3.8) is 0 Å². The summed E-state index contributed by atoms with van der Waals surface area (Å²) in [6, 6.07) is 6.53. The standard InChI is InChI=1S/C15H17N/c1-16-11-3-5-14-13(4-2-6-15(14)16)10-9-12-7-8-12/h2,4,6,12H,3,5,7-8,11H2,1H3. The van der Waals surface area contributed by atoms with Gasteiger partial charge >= 0.3 is 0 Å². The van der Waals surface area contributed by atoms with Gasteiger partial charge < -0.3 is 4.90 Å². The van der Waals surface area contributed by atoms with E-state index < -0.39 is 0 Å². The van der Waals surface area contributed by atoms with Gasteiger partial charge in [0.05, 0.1) is 0 Å². The molecule has 0 spiro atoms. The van der Waals surface area contributed by atoms with Crippen LogP contribution in [0.1, 0.15) is 30.4 Å². The van der Waals surface area contributed by atoms with E-state index in [1.807, 2.05) is 0 Å². The Labute approximate surface area is 97.5 Å². The molecule has 0 bridgehead atoms. The van der Waals surface area contributed by atoms with Gasteiger partial charge in [0, 0.05) is 30.8 Å². The Morgan fingerprint density at radius 1 is 1.31 bits per heavy atom. The lowest BCUT2D eigenvalue weighted by atomic mass is 9.97. The van der Waals surface area contributed by atoms with Gasteiger partial charge in [0.2, 0.25) is 0 Å². The van der Waals surface area contributed by atoms with Gasteiger partial charge in [-0.25, -0.2) is 0 Å². The predicted molar refractivity (Wildman–Crippen MR) is 67.6 cm³/mol. The third-order valence-electron chi connectivity index (χ3n) is 3.47. The zero-order valence-corrected chi connectivity index (χ0v) is 9.79. The fourth-order valence-corrected chi connectivity index (χ4v) is 2.33. The van der Waals surface area contributed by atoms with Crippen molar-refractivity contribution in [1.82, 2.24) is 0 Å². The number of hydrogen-bond acceptors (Lipinski definition) is 1. The first-order valence-corrected chi connectivity index (χ1v) is 6.19. The maximum atomic E-state index is 3.38. The number of nitrogens with zero attached hydrogens (tertiary/aromatic N) is 1. The van der Waals surface area contributed by atoms with Crippen LogP contribution in [0.3, 0.4) is 0 Å². The fraction of sp³-hybridized carbons (Fsp3) is 0.467. The third-order valence-corrected chi connectivity index (χ3v) is 3.47. The summed E-state index contributed by atoms with van der Waals surface area (Å²) in [6.45, 7) is 1.17. The summed E-state index contributed by atoms with van der Waals surface area (Å²) in [7, 11) is 2.18. The second-order valence-electron chi connectivity index (χ2n) is 4.87. The zero-order valence-electron chi connectivity index (χ0n) is 9.79. The summed E-state index contributed by atoms with van der Waals surface area (Å²) in [5.74, 6) is 7.44. The predicted octanol–water partition coefficient (Wildman–Crippen LogP) is 2.83. The van der Waals surface area contributed by atoms with Crippen molar-refractivity contribution in [2.24, 2.45) is 5.92 Å². The third kappa shape index (κ3) is 1.80. The van der Waals surface area contributed by atoms with Crippen molar-refractivity contribution >= 4 is 5.69 Å². The SMILES string of the molecule is CN1CCCc2c(C#CC3CC3)cccc21. The molecule has 0 unspecified atom stereocenters. The minimum absolute atomic E-state index is 0.692. The molecule has 1 aromatic carbocycles. The maximum Gasteiger partial charge on any atom is 0.0408 e. The van der Waals surface area contributed by atoms with Gasteiger partial charge in [-0.3, -0.25) is 0 Å². The molecule has 1 fully saturated rings. The van der Waals surface area contributed by atoms with Crippen molar-refractivity contribution in [2.45, 2.75) is 25.7 Å². The average Bonchev–Trinajstić information content (AvgIpc) is 3.11. The average molecular weight is 211 g/mol. The number of rotatable bonds is 0. The van der Waals surface area contributed by atoms with Gasteiger partial charge in [-0.1, -0.05) is 17.9 Å². The van der Waals surface area contributed by atoms with E-state index in [4.69, 9.17) is 0 Å². The number of benzene rings is 1. The van der Waals surface area contributed by atoms with Crippen LogP contribution in [0.2, 0.25) is 0 Å². The van der Waals surface area contributed by atoms with Gasteiger partial charge in [-0.15, -0.1) is 0 Å². The van der Waals surface area contributed by atoms with E-state index in [-0.39, 0.29) is 0 Å². The van der Waals surface area contributed by atoms with E-state index in [0.717, 1.165) is 0 Å². The van der Waals surface area contributed by atoms with Crippen LogP contribution in [0.15, 0.2) is 18.2 Å². The Hall–Kier alpha value is -1.42. The Balaban J connectivity index is 1.99. The van der Waals surface area contributed by atoms with Crippen LogP contribution in [-0.4, -0.2) is 13.6 Å². The van der Waals surface area contributed by atoms with E-state index in [9.17, 15) is 0 Å². The molecule has 0 amide bonds. The molecule has 0 atom stereocenters. The molecule has 0 radical (unpaired) electrons. The largest absolute Gasteiger partial charge is 0.374 e. The Bertz CT molecular complexity index is 460. The quantitative estimate of drug-likeness (QED) is 0.596. The summed E-state index contributed by atoms with van der Waals surface area (Å²) in [5, 5.41) is 0. The molecule has 1 aromatic rings. The van der Waals surface area contributed by atoms with Crippen LogP contribution in [0.5, 0.6) is 0 Å². The molecule has 82 valence electrons. The van der Waals surface area contributed by atoms with Gasteiger partial charge in [0.1, 0.15) is 0 Å². The highest BCUT2D eigenvalue weighted by molar-refractivity contribution is 5.61. The molecular formula is C15H17N. The van der Waals surface area contributed by atoms with Gasteiger partial charge in [0.25, 0.3) is 0 Å². The van der Waals surface area contributed by atoms with Crippen LogP contribution < -0.4 is 4.90 Å². The van der Waals surface area contributed by atoms with Crippen LogP contribution in [0.25, 0.3) is 0 Å². The van der Waals surface area contributed by atoms with Gasteiger partial charge in [0.15, 0.2) is 0 Å². The normalized spacial score (nSPS) is 18.7. The molecule has 16 heavy (non-hydrogen) atoms. The number of fused-ring (bicyclic) bond motifs is 1. The molecule has 0 aromatic heterocycles. The number of hydrogen-bond donors (Lipinski definition) is 0. The van der Waals surface area contributed by atoms with Crippen molar-refractivity contribution < 1.29 is 0 Å². The van der Waals surface area contributed by atoms with Crippen molar-refractivity contribution in [2.75, 3.05) is 18.5 Å². The molecule has 1 heteroatoms. The molecular weight excluding hydrogens is 194 g/mol. The Morgan fingerprint density at radius 3 is 3.00 bits per heavy atom. The first kappa shape index (κ1) is 9.78. The Kier molecular flexibility index (Phi) is 2.36. The van der Waals surface area contributed by atoms with E-state index in [2.05, 4.69) is 42.0 Å². The molecule has 1 nitrogen and oxygen atoms in total. The fourth-order valence-electron chi connectivity index (χ4n) is 2.33. The van der Waals surface area contributed by atoms with Crippen LogP contribution in [0, 0.1) is 17.8 Å². The highest BCUT2D eigenvalue weighted by Crippen LogP contribution is 2.30. The lowest BCUT2D eigenvalue weighted by molar-refractivity contribution is 0.743. The molecule has 1 aliphatic heterocycles. The monoisotopic (exact) mass is 211 g/mol. The minimum atomic E-state index is 0.692. The summed E-state index contributed by atoms with van der Waals surface area (Å²) in [6.07, 6.45) is 5.06.